The fraction of sp³-hybridized carbons (Fsp3) is 0.818. The maximum absolute atomic E-state index is 12.1. The van der Waals surface area contributed by atoms with Crippen molar-refractivity contribution in [3.8, 4) is 0 Å². The minimum atomic E-state index is -3.06. The van der Waals surface area contributed by atoms with Crippen LogP contribution >= 0.6 is 0 Å². The summed E-state index contributed by atoms with van der Waals surface area (Å²) in [7, 11) is -1.76. The number of methoxy groups -OCH3 is 1. The van der Waals surface area contributed by atoms with Crippen LogP contribution < -0.4 is 0 Å². The molecule has 1 atom stereocenters. The van der Waals surface area contributed by atoms with Crippen molar-refractivity contribution in [2.45, 2.75) is 19.8 Å². The lowest BCUT2D eigenvalue weighted by Gasteiger charge is -2.23. The molecule has 0 aromatic heterocycles. The number of esters is 1. The zero-order valence-corrected chi connectivity index (χ0v) is 11.5. The van der Waals surface area contributed by atoms with Gasteiger partial charge in [-0.3, -0.25) is 9.59 Å². The van der Waals surface area contributed by atoms with Gasteiger partial charge in [0, 0.05) is 13.1 Å². The van der Waals surface area contributed by atoms with Crippen molar-refractivity contribution in [2.75, 3.05) is 31.7 Å². The maximum Gasteiger partial charge on any atom is 0.307 e. The molecule has 0 N–H and O–H groups in total. The molecule has 1 aliphatic rings. The van der Waals surface area contributed by atoms with E-state index in [1.165, 1.54) is 12.0 Å². The Hall–Kier alpha value is -1.11. The fourth-order valence-electron chi connectivity index (χ4n) is 2.00. The summed E-state index contributed by atoms with van der Waals surface area (Å²) in [6.45, 7) is 2.55. The number of carbonyl (C=O) groups excluding carboxylic acids is 2. The van der Waals surface area contributed by atoms with Gasteiger partial charge < -0.3 is 9.64 Å². The molecule has 0 saturated carbocycles. The number of ether oxygens (including phenoxy) is 1. The summed E-state index contributed by atoms with van der Waals surface area (Å²) < 4.78 is 27.2. The number of amides is 1. The second kappa shape index (κ2) is 6.17. The molecule has 6 nitrogen and oxygen atoms in total. The van der Waals surface area contributed by atoms with Crippen molar-refractivity contribution < 1.29 is 22.7 Å². The molecule has 1 rings (SSSR count). The molecule has 1 aliphatic heterocycles. The second-order valence-corrected chi connectivity index (χ2v) is 6.57. The molecule has 0 radical (unpaired) electrons. The standard InChI is InChI=1S/C11H19NO5S/c1-3-12(6-4-10(13)17-2)11(14)9-5-7-18(15,16)8-9/h9H,3-8H2,1-2H3. The predicted octanol–water partition coefficient (Wildman–Crippen LogP) is -0.167. The summed E-state index contributed by atoms with van der Waals surface area (Å²) in [5.74, 6) is -0.992. The van der Waals surface area contributed by atoms with Gasteiger partial charge in [0.15, 0.2) is 9.84 Å². The molecule has 1 fully saturated rings. The van der Waals surface area contributed by atoms with Gasteiger partial charge in [0.1, 0.15) is 0 Å². The molecule has 0 bridgehead atoms. The molecule has 1 amide bonds. The zero-order chi connectivity index (χ0) is 13.8. The molecule has 1 unspecified atom stereocenters. The van der Waals surface area contributed by atoms with Gasteiger partial charge >= 0.3 is 5.97 Å². The quantitative estimate of drug-likeness (QED) is 0.652. The Kier molecular flexibility index (Phi) is 5.13. The van der Waals surface area contributed by atoms with Crippen LogP contribution in [0.4, 0.5) is 0 Å². The van der Waals surface area contributed by atoms with Crippen LogP contribution in [-0.2, 0) is 24.2 Å². The number of sulfone groups is 1. The van der Waals surface area contributed by atoms with E-state index in [1.807, 2.05) is 0 Å². The highest BCUT2D eigenvalue weighted by Crippen LogP contribution is 2.20. The Morgan fingerprint density at radius 1 is 1.39 bits per heavy atom. The van der Waals surface area contributed by atoms with Crippen LogP contribution in [0.25, 0.3) is 0 Å². The van der Waals surface area contributed by atoms with Crippen LogP contribution in [0.2, 0.25) is 0 Å². The average Bonchev–Trinajstić information content (AvgIpc) is 2.69. The van der Waals surface area contributed by atoms with E-state index in [0.29, 0.717) is 13.0 Å². The summed E-state index contributed by atoms with van der Waals surface area (Å²) >= 11 is 0. The highest BCUT2D eigenvalue weighted by Gasteiger charge is 2.34. The van der Waals surface area contributed by atoms with Crippen LogP contribution in [-0.4, -0.2) is 56.9 Å². The van der Waals surface area contributed by atoms with Gasteiger partial charge in [0.2, 0.25) is 5.91 Å². The van der Waals surface area contributed by atoms with Crippen molar-refractivity contribution in [3.05, 3.63) is 0 Å². The molecule has 0 spiro atoms. The van der Waals surface area contributed by atoms with E-state index in [1.54, 1.807) is 6.92 Å². The molecule has 104 valence electrons. The predicted molar refractivity (Wildman–Crippen MR) is 65.6 cm³/mol. The Morgan fingerprint density at radius 2 is 2.06 bits per heavy atom. The highest BCUT2D eigenvalue weighted by molar-refractivity contribution is 7.91. The van der Waals surface area contributed by atoms with Crippen molar-refractivity contribution in [3.63, 3.8) is 0 Å². The van der Waals surface area contributed by atoms with E-state index in [9.17, 15) is 18.0 Å². The molecule has 0 aromatic carbocycles. The third-order valence-electron chi connectivity index (χ3n) is 3.09. The largest absolute Gasteiger partial charge is 0.469 e. The van der Waals surface area contributed by atoms with Crippen LogP contribution in [0.15, 0.2) is 0 Å². The van der Waals surface area contributed by atoms with Gasteiger partial charge in [-0.1, -0.05) is 0 Å². The van der Waals surface area contributed by atoms with Crippen LogP contribution in [0.3, 0.4) is 0 Å². The molecule has 0 aromatic rings. The minimum absolute atomic E-state index is 0.0689. The van der Waals surface area contributed by atoms with Crippen molar-refractivity contribution in [1.29, 1.82) is 0 Å². The number of rotatable bonds is 5. The normalized spacial score (nSPS) is 21.6. The molecule has 0 aliphatic carbocycles. The molecule has 18 heavy (non-hydrogen) atoms. The molecular formula is C11H19NO5S. The Balaban J connectivity index is 2.55. The third-order valence-corrected chi connectivity index (χ3v) is 4.86. The summed E-state index contributed by atoms with van der Waals surface area (Å²) in [4.78, 5) is 24.6. The van der Waals surface area contributed by atoms with E-state index in [-0.39, 0.29) is 36.3 Å². The zero-order valence-electron chi connectivity index (χ0n) is 10.7. The topological polar surface area (TPSA) is 80.8 Å². The Bertz CT molecular complexity index is 417. The van der Waals surface area contributed by atoms with Crippen LogP contribution in [0, 0.1) is 5.92 Å². The minimum Gasteiger partial charge on any atom is -0.469 e. The summed E-state index contributed by atoms with van der Waals surface area (Å²) in [6, 6.07) is 0. The van der Waals surface area contributed by atoms with E-state index in [4.69, 9.17) is 0 Å². The molecular weight excluding hydrogens is 258 g/mol. The first-order valence-corrected chi connectivity index (χ1v) is 7.77. The van der Waals surface area contributed by atoms with Crippen molar-refractivity contribution in [1.82, 2.24) is 4.90 Å². The maximum atomic E-state index is 12.1. The first-order chi connectivity index (χ1) is 8.39. The number of nitrogens with zero attached hydrogens (tertiary/aromatic N) is 1. The van der Waals surface area contributed by atoms with E-state index < -0.39 is 15.8 Å². The number of hydrogen-bond acceptors (Lipinski definition) is 5. The van der Waals surface area contributed by atoms with E-state index in [0.717, 1.165) is 0 Å². The van der Waals surface area contributed by atoms with Gasteiger partial charge in [-0.25, -0.2) is 8.42 Å². The van der Waals surface area contributed by atoms with Crippen molar-refractivity contribution in [2.24, 2.45) is 5.92 Å². The summed E-state index contributed by atoms with van der Waals surface area (Å²) in [5.41, 5.74) is 0. The fourth-order valence-corrected chi connectivity index (χ4v) is 3.73. The van der Waals surface area contributed by atoms with E-state index >= 15 is 0 Å². The van der Waals surface area contributed by atoms with Gasteiger partial charge in [0.05, 0.1) is 31.0 Å². The molecule has 1 saturated heterocycles. The first-order valence-electron chi connectivity index (χ1n) is 5.95. The molecule has 1 heterocycles. The molecule has 7 heteroatoms. The smallest absolute Gasteiger partial charge is 0.307 e. The SMILES string of the molecule is CCN(CCC(=O)OC)C(=O)C1CCS(=O)(=O)C1. The van der Waals surface area contributed by atoms with Crippen LogP contribution in [0.5, 0.6) is 0 Å². The lowest BCUT2D eigenvalue weighted by Crippen LogP contribution is -2.38. The third kappa shape index (κ3) is 3.97. The van der Waals surface area contributed by atoms with Gasteiger partial charge in [-0.2, -0.15) is 0 Å². The Morgan fingerprint density at radius 3 is 2.50 bits per heavy atom. The average molecular weight is 277 g/mol. The lowest BCUT2D eigenvalue weighted by atomic mass is 10.1. The first kappa shape index (κ1) is 14.9. The number of carbonyl (C=O) groups is 2. The number of hydrogen-bond donors (Lipinski definition) is 0. The van der Waals surface area contributed by atoms with Gasteiger partial charge in [-0.05, 0) is 13.3 Å². The van der Waals surface area contributed by atoms with E-state index in [2.05, 4.69) is 4.74 Å². The lowest BCUT2D eigenvalue weighted by molar-refractivity contribution is -0.142. The summed E-state index contributed by atoms with van der Waals surface area (Å²) in [5, 5.41) is 0. The van der Waals surface area contributed by atoms with Crippen LogP contribution in [0.1, 0.15) is 19.8 Å². The summed E-state index contributed by atoms with van der Waals surface area (Å²) in [6.07, 6.45) is 0.519. The Labute approximate surface area is 107 Å². The monoisotopic (exact) mass is 277 g/mol. The van der Waals surface area contributed by atoms with Crippen molar-refractivity contribution >= 4 is 21.7 Å². The van der Waals surface area contributed by atoms with Gasteiger partial charge in [0.25, 0.3) is 0 Å². The van der Waals surface area contributed by atoms with Gasteiger partial charge in [-0.15, -0.1) is 0 Å². The highest BCUT2D eigenvalue weighted by atomic mass is 32.2. The second-order valence-electron chi connectivity index (χ2n) is 4.34.